The van der Waals surface area contributed by atoms with Crippen LogP contribution < -0.4 is 11.0 Å². The van der Waals surface area contributed by atoms with Crippen molar-refractivity contribution < 1.29 is 9.31 Å². The number of rotatable bonds is 2. The minimum absolute atomic E-state index is 0.00207. The van der Waals surface area contributed by atoms with E-state index in [0.29, 0.717) is 6.54 Å². The van der Waals surface area contributed by atoms with Gasteiger partial charge in [-0.25, -0.2) is 0 Å². The molecule has 1 aliphatic rings. The highest BCUT2D eigenvalue weighted by Crippen LogP contribution is 2.36. The zero-order valence-corrected chi connectivity index (χ0v) is 11.7. The van der Waals surface area contributed by atoms with Gasteiger partial charge in [-0.15, -0.1) is 0 Å². The molecule has 1 aromatic rings. The molecule has 5 heteroatoms. The number of hydrogen-bond donors (Lipinski definition) is 0. The highest BCUT2D eigenvalue weighted by atomic mass is 16.7. The summed E-state index contributed by atoms with van der Waals surface area (Å²) in [5.41, 5.74) is 0.170. The lowest BCUT2D eigenvalue weighted by Crippen LogP contribution is -2.41. The molecule has 0 atom stereocenters. The van der Waals surface area contributed by atoms with Crippen LogP contribution >= 0.6 is 0 Å². The van der Waals surface area contributed by atoms with E-state index < -0.39 is 7.12 Å². The van der Waals surface area contributed by atoms with Gasteiger partial charge >= 0.3 is 7.12 Å². The van der Waals surface area contributed by atoms with E-state index in [0.717, 1.165) is 5.46 Å². The minimum atomic E-state index is -0.409. The Hall–Kier alpha value is -1.07. The van der Waals surface area contributed by atoms with E-state index in [2.05, 4.69) is 0 Å². The van der Waals surface area contributed by atoms with E-state index in [-0.39, 0.29) is 16.8 Å². The fourth-order valence-electron chi connectivity index (χ4n) is 1.92. The van der Waals surface area contributed by atoms with E-state index in [4.69, 9.17) is 9.31 Å². The molecule has 1 aromatic heterocycles. The zero-order valence-electron chi connectivity index (χ0n) is 11.7. The molecule has 0 radical (unpaired) electrons. The second kappa shape index (κ2) is 4.25. The van der Waals surface area contributed by atoms with Gasteiger partial charge in [0.25, 0.3) is 0 Å². The Labute approximate surface area is 108 Å². The average Bonchev–Trinajstić information content (AvgIpc) is 2.49. The Kier molecular flexibility index (Phi) is 3.15. The summed E-state index contributed by atoms with van der Waals surface area (Å²) in [6.07, 6.45) is 1.81. The van der Waals surface area contributed by atoms with Gasteiger partial charge in [-0.05, 0) is 40.1 Å². The second-order valence-corrected chi connectivity index (χ2v) is 5.67. The maximum absolute atomic E-state index is 11.6. The fraction of sp³-hybridized carbons (Fsp3) is 0.615. The lowest BCUT2D eigenvalue weighted by Gasteiger charge is -2.32. The van der Waals surface area contributed by atoms with E-state index >= 15 is 0 Å². The quantitative estimate of drug-likeness (QED) is 0.738. The molecule has 0 spiro atoms. The van der Waals surface area contributed by atoms with Crippen LogP contribution in [-0.4, -0.2) is 22.9 Å². The lowest BCUT2D eigenvalue weighted by molar-refractivity contribution is 0.00578. The van der Waals surface area contributed by atoms with Gasteiger partial charge in [0.2, 0.25) is 5.56 Å². The maximum atomic E-state index is 11.6. The van der Waals surface area contributed by atoms with Gasteiger partial charge in [-0.1, -0.05) is 6.07 Å². The molecule has 0 bridgehead atoms. The van der Waals surface area contributed by atoms with Crippen LogP contribution in [0.15, 0.2) is 23.1 Å². The van der Waals surface area contributed by atoms with Crippen LogP contribution in [0, 0.1) is 0 Å². The molecule has 0 N–H and O–H groups in total. The molecule has 0 aliphatic carbocycles. The van der Waals surface area contributed by atoms with Crippen molar-refractivity contribution in [1.82, 2.24) is 4.57 Å². The normalized spacial score (nSPS) is 21.3. The van der Waals surface area contributed by atoms with Crippen LogP contribution in [0.1, 0.15) is 34.6 Å². The minimum Gasteiger partial charge on any atom is -0.399 e. The Morgan fingerprint density at radius 3 is 2.22 bits per heavy atom. The summed E-state index contributed by atoms with van der Waals surface area (Å²) in [5, 5.41) is 0. The van der Waals surface area contributed by atoms with Crippen LogP contribution in [0.3, 0.4) is 0 Å². The van der Waals surface area contributed by atoms with E-state index in [1.807, 2.05) is 40.8 Å². The summed E-state index contributed by atoms with van der Waals surface area (Å²) >= 11 is 0. The molecule has 0 unspecified atom stereocenters. The van der Waals surface area contributed by atoms with Gasteiger partial charge in [0.1, 0.15) is 0 Å². The Morgan fingerprint density at radius 1 is 1.17 bits per heavy atom. The molecule has 0 aromatic carbocycles. The first-order valence-electron chi connectivity index (χ1n) is 6.33. The monoisotopic (exact) mass is 249 g/mol. The van der Waals surface area contributed by atoms with Crippen molar-refractivity contribution in [2.24, 2.45) is 0 Å². The predicted molar refractivity (Wildman–Crippen MR) is 72.1 cm³/mol. The highest BCUT2D eigenvalue weighted by molar-refractivity contribution is 6.62. The van der Waals surface area contributed by atoms with Crippen molar-refractivity contribution in [3.8, 4) is 0 Å². The molecule has 0 amide bonds. The summed E-state index contributed by atoms with van der Waals surface area (Å²) in [4.78, 5) is 11.6. The average molecular weight is 249 g/mol. The molecular weight excluding hydrogens is 229 g/mol. The summed E-state index contributed by atoms with van der Waals surface area (Å²) in [6, 6.07) is 3.33. The maximum Gasteiger partial charge on any atom is 0.496 e. The van der Waals surface area contributed by atoms with Gasteiger partial charge in [0.05, 0.1) is 11.2 Å². The van der Waals surface area contributed by atoms with Crippen molar-refractivity contribution in [1.29, 1.82) is 0 Å². The van der Waals surface area contributed by atoms with E-state index in [1.54, 1.807) is 16.7 Å². The van der Waals surface area contributed by atoms with Gasteiger partial charge in [0.15, 0.2) is 0 Å². The van der Waals surface area contributed by atoms with Crippen molar-refractivity contribution in [2.45, 2.75) is 52.4 Å². The van der Waals surface area contributed by atoms with Gasteiger partial charge < -0.3 is 13.9 Å². The molecule has 98 valence electrons. The number of aromatic nitrogens is 1. The zero-order chi connectivity index (χ0) is 13.6. The highest BCUT2D eigenvalue weighted by Gasteiger charge is 2.51. The van der Waals surface area contributed by atoms with Crippen LogP contribution in [0.5, 0.6) is 0 Å². The van der Waals surface area contributed by atoms with Crippen LogP contribution in [-0.2, 0) is 15.9 Å². The van der Waals surface area contributed by atoms with Crippen molar-refractivity contribution in [3.05, 3.63) is 28.7 Å². The summed E-state index contributed by atoms with van der Waals surface area (Å²) in [6.45, 7) is 10.7. The molecular formula is C13H20BNO3. The molecule has 2 heterocycles. The molecule has 1 aliphatic heterocycles. The lowest BCUT2D eigenvalue weighted by atomic mass is 9.80. The second-order valence-electron chi connectivity index (χ2n) is 5.67. The van der Waals surface area contributed by atoms with Gasteiger partial charge in [0, 0.05) is 18.8 Å². The Balaban J connectivity index is 2.32. The summed E-state index contributed by atoms with van der Waals surface area (Å²) in [7, 11) is -0.409. The molecule has 18 heavy (non-hydrogen) atoms. The molecule has 0 saturated carbocycles. The van der Waals surface area contributed by atoms with Crippen molar-refractivity contribution >= 4 is 12.6 Å². The fourth-order valence-corrected chi connectivity index (χ4v) is 1.92. The third kappa shape index (κ3) is 2.13. The Bertz CT molecular complexity index is 491. The first kappa shape index (κ1) is 13.4. The van der Waals surface area contributed by atoms with Crippen LogP contribution in [0.2, 0.25) is 0 Å². The molecule has 4 nitrogen and oxygen atoms in total. The standard InChI is InChI=1S/C13H20BNO3/c1-6-15-9-10(7-8-11(15)16)14-17-12(2,3)13(4,5)18-14/h7-9H,6H2,1-5H3. The molecule has 1 saturated heterocycles. The molecule has 1 fully saturated rings. The van der Waals surface area contributed by atoms with Crippen LogP contribution in [0.25, 0.3) is 0 Å². The number of aryl methyl sites for hydroxylation is 1. The van der Waals surface area contributed by atoms with Crippen molar-refractivity contribution in [3.63, 3.8) is 0 Å². The smallest absolute Gasteiger partial charge is 0.399 e. The van der Waals surface area contributed by atoms with Crippen molar-refractivity contribution in [2.75, 3.05) is 0 Å². The van der Waals surface area contributed by atoms with E-state index in [9.17, 15) is 4.79 Å². The number of pyridine rings is 1. The number of hydrogen-bond acceptors (Lipinski definition) is 3. The Morgan fingerprint density at radius 2 is 1.72 bits per heavy atom. The number of nitrogens with zero attached hydrogens (tertiary/aromatic N) is 1. The first-order valence-corrected chi connectivity index (χ1v) is 6.33. The summed E-state index contributed by atoms with van der Waals surface area (Å²) in [5.74, 6) is 0. The van der Waals surface area contributed by atoms with Gasteiger partial charge in [-0.2, -0.15) is 0 Å². The topological polar surface area (TPSA) is 40.5 Å². The largest absolute Gasteiger partial charge is 0.496 e. The third-order valence-electron chi connectivity index (χ3n) is 3.87. The third-order valence-corrected chi connectivity index (χ3v) is 3.87. The predicted octanol–water partition coefficient (Wildman–Crippen LogP) is 1.17. The van der Waals surface area contributed by atoms with Crippen LogP contribution in [0.4, 0.5) is 0 Å². The molecule has 2 rings (SSSR count). The van der Waals surface area contributed by atoms with E-state index in [1.165, 1.54) is 0 Å². The first-order chi connectivity index (χ1) is 8.27. The summed E-state index contributed by atoms with van der Waals surface area (Å²) < 4.78 is 13.6. The van der Waals surface area contributed by atoms with Gasteiger partial charge in [-0.3, -0.25) is 4.79 Å². The SMILES string of the molecule is CCn1cc(B2OC(C)(C)C(C)(C)O2)ccc1=O.